The SMILES string of the molecule is CC(C)CN(CC(=O)O)C(=O)c1csc(NC(=O)OCC2c3ccccc3-c3ccccc32)n1. The molecule has 0 radical (unpaired) electrons. The van der Waals surface area contributed by atoms with Crippen molar-refractivity contribution in [3.8, 4) is 11.1 Å². The number of carbonyl (C=O) groups excluding carboxylic acids is 2. The minimum absolute atomic E-state index is 0.0628. The van der Waals surface area contributed by atoms with Crippen LogP contribution in [0, 0.1) is 5.92 Å². The van der Waals surface area contributed by atoms with E-state index in [2.05, 4.69) is 22.4 Å². The van der Waals surface area contributed by atoms with Crippen LogP contribution in [0.25, 0.3) is 11.1 Å². The molecule has 0 spiro atoms. The molecule has 176 valence electrons. The Hall–Kier alpha value is -3.72. The molecule has 0 saturated carbocycles. The van der Waals surface area contributed by atoms with Crippen LogP contribution < -0.4 is 5.32 Å². The minimum atomic E-state index is -1.10. The standard InChI is InChI=1S/C25H25N3O5S/c1-15(2)11-28(12-22(29)30)23(31)21-14-34-24(26-21)27-25(32)33-13-20-18-9-5-3-7-16(18)17-8-4-6-10-19(17)20/h3-10,14-15,20H,11-13H2,1-2H3,(H,29,30)(H,26,27,32). The van der Waals surface area contributed by atoms with Crippen LogP contribution in [0.5, 0.6) is 0 Å². The maximum absolute atomic E-state index is 12.7. The van der Waals surface area contributed by atoms with Crippen molar-refractivity contribution in [2.75, 3.05) is 25.0 Å². The maximum atomic E-state index is 12.7. The van der Waals surface area contributed by atoms with Crippen LogP contribution in [0.3, 0.4) is 0 Å². The van der Waals surface area contributed by atoms with Crippen LogP contribution in [-0.2, 0) is 9.53 Å². The monoisotopic (exact) mass is 479 g/mol. The van der Waals surface area contributed by atoms with E-state index in [1.54, 1.807) is 0 Å². The fraction of sp³-hybridized carbons (Fsp3) is 0.280. The van der Waals surface area contributed by atoms with Gasteiger partial charge in [-0.3, -0.25) is 14.9 Å². The number of carboxylic acid groups (broad SMARTS) is 1. The topological polar surface area (TPSA) is 109 Å². The van der Waals surface area contributed by atoms with Crippen LogP contribution in [0.4, 0.5) is 9.93 Å². The molecule has 0 aliphatic heterocycles. The molecule has 1 aromatic heterocycles. The van der Waals surface area contributed by atoms with E-state index < -0.39 is 24.5 Å². The Bertz CT molecular complexity index is 1180. The van der Waals surface area contributed by atoms with Gasteiger partial charge in [-0.05, 0) is 28.2 Å². The van der Waals surface area contributed by atoms with E-state index in [0.29, 0.717) is 0 Å². The first-order valence-corrected chi connectivity index (χ1v) is 11.8. The average Bonchev–Trinajstić information content (AvgIpc) is 3.39. The van der Waals surface area contributed by atoms with E-state index in [4.69, 9.17) is 9.84 Å². The van der Waals surface area contributed by atoms with E-state index in [1.165, 1.54) is 10.3 Å². The van der Waals surface area contributed by atoms with Gasteiger partial charge in [0.1, 0.15) is 18.8 Å². The fourth-order valence-electron chi connectivity index (χ4n) is 4.14. The summed E-state index contributed by atoms with van der Waals surface area (Å²) < 4.78 is 5.51. The molecule has 0 saturated heterocycles. The second kappa shape index (κ2) is 10.0. The highest BCUT2D eigenvalue weighted by Crippen LogP contribution is 2.44. The van der Waals surface area contributed by atoms with Gasteiger partial charge < -0.3 is 14.7 Å². The number of ether oxygens (including phenoxy) is 1. The average molecular weight is 480 g/mol. The van der Waals surface area contributed by atoms with Crippen LogP contribution in [0.15, 0.2) is 53.9 Å². The van der Waals surface area contributed by atoms with Crippen molar-refractivity contribution >= 4 is 34.4 Å². The van der Waals surface area contributed by atoms with E-state index in [0.717, 1.165) is 33.6 Å². The summed E-state index contributed by atoms with van der Waals surface area (Å²) in [4.78, 5) is 41.7. The van der Waals surface area contributed by atoms with Crippen molar-refractivity contribution in [1.29, 1.82) is 0 Å². The molecule has 0 fully saturated rings. The lowest BCUT2D eigenvalue weighted by Crippen LogP contribution is -2.38. The molecular formula is C25H25N3O5S. The van der Waals surface area contributed by atoms with E-state index >= 15 is 0 Å². The lowest BCUT2D eigenvalue weighted by Gasteiger charge is -2.21. The normalized spacial score (nSPS) is 12.2. The number of nitrogens with one attached hydrogen (secondary N) is 1. The summed E-state index contributed by atoms with van der Waals surface area (Å²) in [6, 6.07) is 16.1. The first kappa shape index (κ1) is 23.4. The van der Waals surface area contributed by atoms with Crippen molar-refractivity contribution in [3.05, 3.63) is 70.7 Å². The number of hydrogen-bond donors (Lipinski definition) is 2. The van der Waals surface area contributed by atoms with Gasteiger partial charge in [0, 0.05) is 17.8 Å². The van der Waals surface area contributed by atoms with Gasteiger partial charge in [-0.1, -0.05) is 62.4 Å². The molecule has 4 rings (SSSR count). The van der Waals surface area contributed by atoms with E-state index in [9.17, 15) is 14.4 Å². The smallest absolute Gasteiger partial charge is 0.413 e. The summed E-state index contributed by atoms with van der Waals surface area (Å²) in [5.41, 5.74) is 4.59. The Balaban J connectivity index is 1.39. The Morgan fingerprint density at radius 1 is 1.09 bits per heavy atom. The summed E-state index contributed by atoms with van der Waals surface area (Å²) in [6.45, 7) is 3.83. The molecule has 2 N–H and O–H groups in total. The molecule has 0 unspecified atom stereocenters. The number of thiazole rings is 1. The number of benzene rings is 2. The number of aromatic nitrogens is 1. The third-order valence-corrected chi connectivity index (χ3v) is 6.23. The maximum Gasteiger partial charge on any atom is 0.413 e. The number of carboxylic acids is 1. The third kappa shape index (κ3) is 5.09. The van der Waals surface area contributed by atoms with Gasteiger partial charge in [0.15, 0.2) is 5.13 Å². The summed E-state index contributed by atoms with van der Waals surface area (Å²) >= 11 is 1.08. The predicted molar refractivity (Wildman–Crippen MR) is 129 cm³/mol. The van der Waals surface area contributed by atoms with Gasteiger partial charge in [-0.2, -0.15) is 0 Å². The molecule has 2 aromatic carbocycles. The van der Waals surface area contributed by atoms with Crippen molar-refractivity contribution in [3.63, 3.8) is 0 Å². The third-order valence-electron chi connectivity index (χ3n) is 5.47. The largest absolute Gasteiger partial charge is 0.480 e. The number of aliphatic carboxylic acids is 1. The molecule has 0 atom stereocenters. The number of rotatable bonds is 8. The van der Waals surface area contributed by atoms with E-state index in [-0.39, 0.29) is 35.8 Å². The Kier molecular flexibility index (Phi) is 6.93. The molecule has 8 nitrogen and oxygen atoms in total. The Morgan fingerprint density at radius 3 is 2.29 bits per heavy atom. The lowest BCUT2D eigenvalue weighted by molar-refractivity contribution is -0.137. The number of nitrogens with zero attached hydrogens (tertiary/aromatic N) is 2. The van der Waals surface area contributed by atoms with Crippen LogP contribution in [0.2, 0.25) is 0 Å². The summed E-state index contributed by atoms with van der Waals surface area (Å²) in [7, 11) is 0. The van der Waals surface area contributed by atoms with Crippen molar-refractivity contribution < 1.29 is 24.2 Å². The van der Waals surface area contributed by atoms with Gasteiger partial charge in [0.2, 0.25) is 0 Å². The van der Waals surface area contributed by atoms with E-state index in [1.807, 2.05) is 50.2 Å². The lowest BCUT2D eigenvalue weighted by atomic mass is 9.98. The first-order valence-electron chi connectivity index (χ1n) is 10.9. The Labute approximate surface area is 201 Å². The van der Waals surface area contributed by atoms with Gasteiger partial charge in [0.25, 0.3) is 5.91 Å². The summed E-state index contributed by atoms with van der Waals surface area (Å²) in [5, 5.41) is 13.4. The fourth-order valence-corrected chi connectivity index (χ4v) is 4.81. The zero-order valence-electron chi connectivity index (χ0n) is 18.9. The van der Waals surface area contributed by atoms with Crippen LogP contribution >= 0.6 is 11.3 Å². The molecule has 1 aliphatic rings. The minimum Gasteiger partial charge on any atom is -0.480 e. The molecule has 9 heteroatoms. The molecule has 2 amide bonds. The highest BCUT2D eigenvalue weighted by molar-refractivity contribution is 7.14. The molecule has 34 heavy (non-hydrogen) atoms. The van der Waals surface area contributed by atoms with Crippen molar-refractivity contribution in [1.82, 2.24) is 9.88 Å². The van der Waals surface area contributed by atoms with Crippen LogP contribution in [-0.4, -0.2) is 52.7 Å². The quantitative estimate of drug-likeness (QED) is 0.485. The predicted octanol–water partition coefficient (Wildman–Crippen LogP) is 4.69. The van der Waals surface area contributed by atoms with Crippen molar-refractivity contribution in [2.24, 2.45) is 5.92 Å². The van der Waals surface area contributed by atoms with Crippen LogP contribution in [0.1, 0.15) is 41.4 Å². The molecule has 3 aromatic rings. The van der Waals surface area contributed by atoms with Gasteiger partial charge in [-0.25, -0.2) is 9.78 Å². The number of amides is 2. The highest BCUT2D eigenvalue weighted by atomic mass is 32.1. The Morgan fingerprint density at radius 2 is 1.71 bits per heavy atom. The number of hydrogen-bond acceptors (Lipinski definition) is 6. The molecule has 1 aliphatic carbocycles. The number of anilines is 1. The molecular weight excluding hydrogens is 454 g/mol. The number of carbonyl (C=O) groups is 3. The van der Waals surface area contributed by atoms with Crippen molar-refractivity contribution in [2.45, 2.75) is 19.8 Å². The second-order valence-corrected chi connectivity index (χ2v) is 9.32. The van der Waals surface area contributed by atoms with Gasteiger partial charge >= 0.3 is 12.1 Å². The number of fused-ring (bicyclic) bond motifs is 3. The summed E-state index contributed by atoms with van der Waals surface area (Å²) in [6.07, 6.45) is -0.667. The molecule has 0 bridgehead atoms. The first-order chi connectivity index (χ1) is 16.3. The molecule has 1 heterocycles. The van der Waals surface area contributed by atoms with Gasteiger partial charge in [-0.15, -0.1) is 11.3 Å². The highest BCUT2D eigenvalue weighted by Gasteiger charge is 2.29. The summed E-state index contributed by atoms with van der Waals surface area (Å²) in [5.74, 6) is -1.55. The zero-order chi connectivity index (χ0) is 24.2. The second-order valence-electron chi connectivity index (χ2n) is 8.46. The van der Waals surface area contributed by atoms with Gasteiger partial charge in [0.05, 0.1) is 0 Å². The zero-order valence-corrected chi connectivity index (χ0v) is 19.7.